The summed E-state index contributed by atoms with van der Waals surface area (Å²) in [6.07, 6.45) is 3.52. The van der Waals surface area contributed by atoms with Gasteiger partial charge in [0.15, 0.2) is 0 Å². The molecule has 6 heteroatoms. The van der Waals surface area contributed by atoms with Crippen molar-refractivity contribution in [1.82, 2.24) is 9.78 Å². The molecule has 0 saturated carbocycles. The minimum atomic E-state index is -0.233. The molecule has 0 aliphatic carbocycles. The Hall–Kier alpha value is -0.880. The predicted molar refractivity (Wildman–Crippen MR) is 75.9 cm³/mol. The molecular formula is C12H20BrN3O2. The lowest BCUT2D eigenvalue weighted by Crippen LogP contribution is -2.35. The van der Waals surface area contributed by atoms with Crippen molar-refractivity contribution in [2.45, 2.75) is 45.7 Å². The highest BCUT2D eigenvalue weighted by Gasteiger charge is 2.21. The molecule has 0 unspecified atom stereocenters. The third-order valence-corrected chi connectivity index (χ3v) is 4.06. The molecule has 0 aliphatic rings. The molecule has 1 rings (SSSR count). The maximum absolute atomic E-state index is 11.9. The molecule has 0 spiro atoms. The lowest BCUT2D eigenvalue weighted by molar-refractivity contribution is 0.266. The van der Waals surface area contributed by atoms with Crippen molar-refractivity contribution in [2.24, 2.45) is 0 Å². The Bertz CT molecular complexity index is 455. The van der Waals surface area contributed by atoms with Gasteiger partial charge in [-0.15, -0.1) is 0 Å². The Morgan fingerprint density at radius 3 is 2.61 bits per heavy atom. The number of nitrogens with zero attached hydrogens (tertiary/aromatic N) is 2. The zero-order valence-corrected chi connectivity index (χ0v) is 12.6. The van der Waals surface area contributed by atoms with Crippen LogP contribution < -0.4 is 10.9 Å². The van der Waals surface area contributed by atoms with E-state index in [0.29, 0.717) is 10.2 Å². The van der Waals surface area contributed by atoms with Gasteiger partial charge in [0.25, 0.3) is 5.56 Å². The number of anilines is 1. The minimum absolute atomic E-state index is 0.0558. The number of rotatable bonds is 6. The Labute approximate surface area is 115 Å². The Balaban J connectivity index is 3.06. The van der Waals surface area contributed by atoms with Gasteiger partial charge in [-0.2, -0.15) is 5.10 Å². The highest BCUT2D eigenvalue weighted by molar-refractivity contribution is 9.10. The summed E-state index contributed by atoms with van der Waals surface area (Å²) in [6, 6.07) is 0. The van der Waals surface area contributed by atoms with E-state index >= 15 is 0 Å². The number of aliphatic hydroxyl groups is 1. The van der Waals surface area contributed by atoms with Crippen molar-refractivity contribution in [1.29, 1.82) is 0 Å². The molecule has 0 atom stereocenters. The molecule has 0 amide bonds. The fourth-order valence-electron chi connectivity index (χ4n) is 1.56. The first-order valence-electron chi connectivity index (χ1n) is 6.12. The van der Waals surface area contributed by atoms with E-state index in [2.05, 4.69) is 47.1 Å². The molecular weight excluding hydrogens is 298 g/mol. The van der Waals surface area contributed by atoms with Crippen molar-refractivity contribution in [3.8, 4) is 0 Å². The molecule has 0 bridgehead atoms. The fraction of sp³-hybridized carbons (Fsp3) is 0.667. The quantitative estimate of drug-likeness (QED) is 0.842. The zero-order chi connectivity index (χ0) is 13.8. The molecule has 1 aromatic heterocycles. The van der Waals surface area contributed by atoms with Gasteiger partial charge in [-0.25, -0.2) is 4.68 Å². The maximum atomic E-state index is 11.9. The summed E-state index contributed by atoms with van der Waals surface area (Å²) in [5.74, 6) is 0. The van der Waals surface area contributed by atoms with Crippen LogP contribution >= 0.6 is 15.9 Å². The Kier molecular flexibility index (Phi) is 5.34. The number of hydrogen-bond donors (Lipinski definition) is 2. The summed E-state index contributed by atoms with van der Waals surface area (Å²) in [5.41, 5.74) is 0.406. The smallest absolute Gasteiger partial charge is 0.283 e. The van der Waals surface area contributed by atoms with Gasteiger partial charge in [-0.1, -0.05) is 13.8 Å². The van der Waals surface area contributed by atoms with Gasteiger partial charge in [0.1, 0.15) is 4.47 Å². The molecule has 0 radical (unpaired) electrons. The highest BCUT2D eigenvalue weighted by atomic mass is 79.9. The van der Waals surface area contributed by atoms with E-state index in [4.69, 9.17) is 5.11 Å². The third-order valence-electron chi connectivity index (χ3n) is 3.29. The molecule has 102 valence electrons. The van der Waals surface area contributed by atoms with Crippen LogP contribution in [0.15, 0.2) is 15.5 Å². The number of aromatic nitrogens is 2. The van der Waals surface area contributed by atoms with Gasteiger partial charge < -0.3 is 10.4 Å². The molecule has 1 heterocycles. The van der Waals surface area contributed by atoms with Crippen LogP contribution in [0.4, 0.5) is 5.69 Å². The Morgan fingerprint density at radius 1 is 1.50 bits per heavy atom. The van der Waals surface area contributed by atoms with Crippen LogP contribution in [0.2, 0.25) is 0 Å². The second kappa shape index (κ2) is 6.33. The van der Waals surface area contributed by atoms with E-state index in [9.17, 15) is 4.79 Å². The second-order valence-corrected chi connectivity index (χ2v) is 5.31. The van der Waals surface area contributed by atoms with E-state index in [0.717, 1.165) is 12.8 Å². The van der Waals surface area contributed by atoms with Gasteiger partial charge in [-0.05, 0) is 35.7 Å². The van der Waals surface area contributed by atoms with E-state index in [1.807, 2.05) is 0 Å². The van der Waals surface area contributed by atoms with Crippen molar-refractivity contribution >= 4 is 21.6 Å². The maximum Gasteiger partial charge on any atom is 0.283 e. The summed E-state index contributed by atoms with van der Waals surface area (Å²) in [6.45, 7) is 6.42. The molecule has 5 nitrogen and oxygen atoms in total. The normalized spacial score (nSPS) is 11.6. The topological polar surface area (TPSA) is 67.2 Å². The first-order chi connectivity index (χ1) is 8.47. The zero-order valence-electron chi connectivity index (χ0n) is 11.0. The van der Waals surface area contributed by atoms with Crippen LogP contribution in [0.1, 0.15) is 33.6 Å². The lowest BCUT2D eigenvalue weighted by Gasteiger charge is -2.29. The van der Waals surface area contributed by atoms with E-state index in [1.165, 1.54) is 4.68 Å². The molecule has 2 N–H and O–H groups in total. The second-order valence-electron chi connectivity index (χ2n) is 4.52. The van der Waals surface area contributed by atoms with Crippen LogP contribution in [0.5, 0.6) is 0 Å². The van der Waals surface area contributed by atoms with Gasteiger partial charge in [0.05, 0.1) is 25.0 Å². The molecule has 0 aliphatic heterocycles. The van der Waals surface area contributed by atoms with E-state index < -0.39 is 0 Å². The number of hydrogen-bond acceptors (Lipinski definition) is 4. The van der Waals surface area contributed by atoms with Crippen molar-refractivity contribution in [3.63, 3.8) is 0 Å². The molecule has 0 fully saturated rings. The number of halogens is 1. The third kappa shape index (κ3) is 3.32. The largest absolute Gasteiger partial charge is 0.394 e. The lowest BCUT2D eigenvalue weighted by atomic mass is 9.95. The SMILES string of the molecule is CCC(C)(CC)Nc1cnn(CCO)c(=O)c1Br. The van der Waals surface area contributed by atoms with Gasteiger partial charge >= 0.3 is 0 Å². The average Bonchev–Trinajstić information content (AvgIpc) is 2.38. The van der Waals surface area contributed by atoms with Crippen LogP contribution in [-0.4, -0.2) is 27.0 Å². The summed E-state index contributed by atoms with van der Waals surface area (Å²) in [7, 11) is 0. The molecule has 1 aromatic rings. The van der Waals surface area contributed by atoms with Crippen LogP contribution in [-0.2, 0) is 6.54 Å². The average molecular weight is 318 g/mol. The standard InChI is InChI=1S/C12H20BrN3O2/c1-4-12(3,5-2)15-9-8-14-16(6-7-17)11(18)10(9)13/h8,15,17H,4-7H2,1-3H3. The minimum Gasteiger partial charge on any atom is -0.394 e. The molecule has 0 saturated heterocycles. The van der Waals surface area contributed by atoms with Crippen LogP contribution in [0.25, 0.3) is 0 Å². The molecule has 0 aromatic carbocycles. The van der Waals surface area contributed by atoms with Gasteiger partial charge in [-0.3, -0.25) is 4.79 Å². The van der Waals surface area contributed by atoms with Gasteiger partial charge in [0.2, 0.25) is 0 Å². The summed E-state index contributed by atoms with van der Waals surface area (Å²) in [4.78, 5) is 11.9. The Morgan fingerprint density at radius 2 is 2.11 bits per heavy atom. The summed E-state index contributed by atoms with van der Waals surface area (Å²) < 4.78 is 1.70. The number of nitrogens with one attached hydrogen (secondary N) is 1. The van der Waals surface area contributed by atoms with Crippen LogP contribution in [0.3, 0.4) is 0 Å². The van der Waals surface area contributed by atoms with Gasteiger partial charge in [0, 0.05) is 5.54 Å². The highest BCUT2D eigenvalue weighted by Crippen LogP contribution is 2.24. The van der Waals surface area contributed by atoms with E-state index in [-0.39, 0.29) is 24.2 Å². The predicted octanol–water partition coefficient (Wildman–Crippen LogP) is 1.99. The summed E-state index contributed by atoms with van der Waals surface area (Å²) >= 11 is 3.29. The fourth-order valence-corrected chi connectivity index (χ4v) is 1.96. The monoisotopic (exact) mass is 317 g/mol. The van der Waals surface area contributed by atoms with Crippen molar-refractivity contribution in [3.05, 3.63) is 21.0 Å². The molecule has 18 heavy (non-hydrogen) atoms. The van der Waals surface area contributed by atoms with E-state index in [1.54, 1.807) is 6.20 Å². The summed E-state index contributed by atoms with van der Waals surface area (Å²) in [5, 5.41) is 16.2. The first kappa shape index (κ1) is 15.2. The number of aliphatic hydroxyl groups excluding tert-OH is 1. The van der Waals surface area contributed by atoms with Crippen LogP contribution in [0, 0.1) is 0 Å². The van der Waals surface area contributed by atoms with Crippen molar-refractivity contribution < 1.29 is 5.11 Å². The first-order valence-corrected chi connectivity index (χ1v) is 6.91. The van der Waals surface area contributed by atoms with Crippen molar-refractivity contribution in [2.75, 3.05) is 11.9 Å².